The number of rotatable bonds is 3. The second-order valence-corrected chi connectivity index (χ2v) is 3.76. The zero-order chi connectivity index (χ0) is 10.6. The number of ether oxygens (including phenoxy) is 1. The first-order chi connectivity index (χ1) is 6.65. The van der Waals surface area contributed by atoms with Crippen molar-refractivity contribution in [2.75, 3.05) is 6.61 Å². The van der Waals surface area contributed by atoms with Crippen molar-refractivity contribution in [1.82, 2.24) is 4.98 Å². The summed E-state index contributed by atoms with van der Waals surface area (Å²) in [7, 11) is 0. The summed E-state index contributed by atoms with van der Waals surface area (Å²) in [5, 5.41) is 0.326. The van der Waals surface area contributed by atoms with Crippen LogP contribution >= 0.6 is 27.5 Å². The molecule has 1 rings (SSSR count). The molecule has 14 heavy (non-hydrogen) atoms. The molecule has 0 bridgehead atoms. The smallest absolute Gasteiger partial charge is 0.310 e. The molecule has 0 aliphatic heterocycles. The molecule has 0 spiro atoms. The molecule has 1 aromatic heterocycles. The van der Waals surface area contributed by atoms with Gasteiger partial charge in [0.15, 0.2) is 0 Å². The summed E-state index contributed by atoms with van der Waals surface area (Å²) in [6.45, 7) is 2.13. The summed E-state index contributed by atoms with van der Waals surface area (Å²) in [6, 6.07) is 1.74. The number of carbonyl (C=O) groups is 1. The highest BCUT2D eigenvalue weighted by Gasteiger charge is 2.11. The van der Waals surface area contributed by atoms with E-state index in [2.05, 4.69) is 20.9 Å². The van der Waals surface area contributed by atoms with E-state index in [0.29, 0.717) is 17.3 Å². The molecule has 0 saturated carbocycles. The van der Waals surface area contributed by atoms with Gasteiger partial charge >= 0.3 is 5.97 Å². The van der Waals surface area contributed by atoms with Crippen molar-refractivity contribution in [1.29, 1.82) is 0 Å². The topological polar surface area (TPSA) is 39.2 Å². The van der Waals surface area contributed by atoms with Gasteiger partial charge in [0, 0.05) is 16.2 Å². The molecule has 1 heterocycles. The predicted molar refractivity (Wildman–Crippen MR) is 57.3 cm³/mol. The molecule has 0 fully saturated rings. The minimum absolute atomic E-state index is 0.140. The van der Waals surface area contributed by atoms with Crippen LogP contribution in [0, 0.1) is 0 Å². The lowest BCUT2D eigenvalue weighted by molar-refractivity contribution is -0.142. The molecule has 0 atom stereocenters. The standard InChI is InChI=1S/C9H9BrClNO2/c1-2-14-8(13)5-6-7(10)3-4-12-9(6)11/h3-4H,2,5H2,1H3. The van der Waals surface area contributed by atoms with Crippen LogP contribution in [-0.2, 0) is 16.0 Å². The van der Waals surface area contributed by atoms with Crippen LogP contribution in [0.1, 0.15) is 12.5 Å². The fourth-order valence-corrected chi connectivity index (χ4v) is 1.74. The first kappa shape index (κ1) is 11.5. The molecule has 0 aliphatic rings. The van der Waals surface area contributed by atoms with E-state index in [1.807, 2.05) is 0 Å². The van der Waals surface area contributed by atoms with E-state index in [1.165, 1.54) is 0 Å². The monoisotopic (exact) mass is 277 g/mol. The first-order valence-electron chi connectivity index (χ1n) is 4.09. The number of carbonyl (C=O) groups excluding carboxylic acids is 1. The maximum absolute atomic E-state index is 11.2. The van der Waals surface area contributed by atoms with Crippen LogP contribution in [-0.4, -0.2) is 17.6 Å². The zero-order valence-corrected chi connectivity index (χ0v) is 9.93. The highest BCUT2D eigenvalue weighted by molar-refractivity contribution is 9.10. The number of nitrogens with zero attached hydrogens (tertiary/aromatic N) is 1. The highest BCUT2D eigenvalue weighted by atomic mass is 79.9. The Kier molecular flexibility index (Phi) is 4.35. The van der Waals surface area contributed by atoms with Gasteiger partial charge in [-0.1, -0.05) is 27.5 Å². The summed E-state index contributed by atoms with van der Waals surface area (Å²) >= 11 is 9.12. The predicted octanol–water partition coefficient (Wildman–Crippen LogP) is 2.60. The Balaban J connectivity index is 2.80. The maximum atomic E-state index is 11.2. The van der Waals surface area contributed by atoms with Crippen molar-refractivity contribution in [3.63, 3.8) is 0 Å². The van der Waals surface area contributed by atoms with Crippen LogP contribution in [0.25, 0.3) is 0 Å². The lowest BCUT2D eigenvalue weighted by Crippen LogP contribution is -2.08. The van der Waals surface area contributed by atoms with Crippen molar-refractivity contribution in [3.8, 4) is 0 Å². The van der Waals surface area contributed by atoms with Gasteiger partial charge in [0.05, 0.1) is 13.0 Å². The second-order valence-electron chi connectivity index (χ2n) is 2.54. The van der Waals surface area contributed by atoms with Crippen LogP contribution in [0.2, 0.25) is 5.15 Å². The molecule has 0 N–H and O–H groups in total. The van der Waals surface area contributed by atoms with Crippen molar-refractivity contribution < 1.29 is 9.53 Å². The summed E-state index contributed by atoms with van der Waals surface area (Å²) < 4.78 is 5.58. The van der Waals surface area contributed by atoms with Crippen molar-refractivity contribution in [2.24, 2.45) is 0 Å². The van der Waals surface area contributed by atoms with Gasteiger partial charge in [0.1, 0.15) is 5.15 Å². The summed E-state index contributed by atoms with van der Waals surface area (Å²) in [5.74, 6) is -0.303. The second kappa shape index (κ2) is 5.32. The Hall–Kier alpha value is -0.610. The molecule has 0 amide bonds. The average Bonchev–Trinajstić information content (AvgIpc) is 2.12. The molecule has 1 aromatic rings. The van der Waals surface area contributed by atoms with Crippen LogP contribution in [0.5, 0.6) is 0 Å². The molecule has 3 nitrogen and oxygen atoms in total. The van der Waals surface area contributed by atoms with E-state index in [1.54, 1.807) is 19.2 Å². The van der Waals surface area contributed by atoms with Crippen molar-refractivity contribution >= 4 is 33.5 Å². The molecule has 0 saturated heterocycles. The van der Waals surface area contributed by atoms with E-state index < -0.39 is 0 Å². The molecule has 0 radical (unpaired) electrons. The number of hydrogen-bond acceptors (Lipinski definition) is 3. The van der Waals surface area contributed by atoms with Gasteiger partial charge in [0.2, 0.25) is 0 Å². The SMILES string of the molecule is CCOC(=O)Cc1c(Br)ccnc1Cl. The van der Waals surface area contributed by atoms with Crippen LogP contribution < -0.4 is 0 Å². The Morgan fingerprint density at radius 2 is 2.43 bits per heavy atom. The molecule has 0 unspecified atom stereocenters. The number of esters is 1. The number of hydrogen-bond donors (Lipinski definition) is 0. The van der Waals surface area contributed by atoms with Gasteiger partial charge in [-0.3, -0.25) is 4.79 Å². The zero-order valence-electron chi connectivity index (χ0n) is 7.59. The molecular formula is C9H9BrClNO2. The van der Waals surface area contributed by atoms with Gasteiger partial charge in [-0.2, -0.15) is 0 Å². The quantitative estimate of drug-likeness (QED) is 0.630. The van der Waals surface area contributed by atoms with E-state index in [-0.39, 0.29) is 12.4 Å². The van der Waals surface area contributed by atoms with Crippen LogP contribution in [0.15, 0.2) is 16.7 Å². The van der Waals surface area contributed by atoms with Gasteiger partial charge in [0.25, 0.3) is 0 Å². The van der Waals surface area contributed by atoms with E-state index in [9.17, 15) is 4.79 Å². The Morgan fingerprint density at radius 3 is 3.00 bits per heavy atom. The van der Waals surface area contributed by atoms with Gasteiger partial charge in [-0.15, -0.1) is 0 Å². The number of aromatic nitrogens is 1. The Bertz CT molecular complexity index is 323. The van der Waals surface area contributed by atoms with Gasteiger partial charge in [-0.05, 0) is 13.0 Å². The highest BCUT2D eigenvalue weighted by Crippen LogP contribution is 2.23. The molecular weight excluding hydrogens is 269 g/mol. The van der Waals surface area contributed by atoms with Crippen molar-refractivity contribution in [3.05, 3.63) is 27.5 Å². The van der Waals surface area contributed by atoms with E-state index in [0.717, 1.165) is 4.47 Å². The molecule has 76 valence electrons. The third-order valence-corrected chi connectivity index (χ3v) is 2.64. The fourth-order valence-electron chi connectivity index (χ4n) is 0.959. The third-order valence-electron chi connectivity index (χ3n) is 1.57. The summed E-state index contributed by atoms with van der Waals surface area (Å²) in [6.07, 6.45) is 1.71. The molecule has 0 aromatic carbocycles. The third kappa shape index (κ3) is 2.96. The summed E-state index contributed by atoms with van der Waals surface area (Å²) in [5.41, 5.74) is 0.660. The van der Waals surface area contributed by atoms with Gasteiger partial charge < -0.3 is 4.74 Å². The van der Waals surface area contributed by atoms with E-state index in [4.69, 9.17) is 16.3 Å². The lowest BCUT2D eigenvalue weighted by atomic mass is 10.2. The first-order valence-corrected chi connectivity index (χ1v) is 5.26. The minimum Gasteiger partial charge on any atom is -0.466 e. The Labute approximate surface area is 95.6 Å². The molecule has 5 heteroatoms. The maximum Gasteiger partial charge on any atom is 0.310 e. The van der Waals surface area contributed by atoms with Crippen LogP contribution in [0.3, 0.4) is 0 Å². The normalized spacial score (nSPS) is 9.93. The van der Waals surface area contributed by atoms with Crippen molar-refractivity contribution in [2.45, 2.75) is 13.3 Å². The number of halogens is 2. The van der Waals surface area contributed by atoms with Crippen LogP contribution in [0.4, 0.5) is 0 Å². The minimum atomic E-state index is -0.303. The summed E-state index contributed by atoms with van der Waals surface area (Å²) in [4.78, 5) is 15.1. The molecule has 0 aliphatic carbocycles. The average molecular weight is 279 g/mol. The van der Waals surface area contributed by atoms with Gasteiger partial charge in [-0.25, -0.2) is 4.98 Å². The largest absolute Gasteiger partial charge is 0.466 e. The number of pyridine rings is 1. The Morgan fingerprint density at radius 1 is 1.71 bits per heavy atom. The lowest BCUT2D eigenvalue weighted by Gasteiger charge is -2.05. The fraction of sp³-hybridized carbons (Fsp3) is 0.333. The van der Waals surface area contributed by atoms with E-state index >= 15 is 0 Å².